The highest BCUT2D eigenvalue weighted by atomic mass is 32.2. The van der Waals surface area contributed by atoms with Crippen LogP contribution in [-0.2, 0) is 19.6 Å². The predicted octanol–water partition coefficient (Wildman–Crippen LogP) is 0.514. The fourth-order valence-corrected chi connectivity index (χ4v) is 6.01. The zero-order chi connectivity index (χ0) is 18.1. The maximum atomic E-state index is 12.9. The lowest BCUT2D eigenvalue weighted by Gasteiger charge is -2.40. The highest BCUT2D eigenvalue weighted by Crippen LogP contribution is 2.35. The van der Waals surface area contributed by atoms with Gasteiger partial charge in [-0.1, -0.05) is 0 Å². The lowest BCUT2D eigenvalue weighted by molar-refractivity contribution is -0.136. The molecule has 0 aromatic rings. The van der Waals surface area contributed by atoms with Crippen LogP contribution in [0, 0.1) is 5.92 Å². The molecule has 1 atom stereocenters. The summed E-state index contributed by atoms with van der Waals surface area (Å²) in [5.74, 6) is 0.420. The molecule has 8 heteroatoms. The van der Waals surface area contributed by atoms with Crippen molar-refractivity contribution >= 4 is 15.9 Å². The van der Waals surface area contributed by atoms with Crippen LogP contribution in [-0.4, -0.2) is 92.2 Å². The molecule has 2 aliphatic carbocycles. The maximum Gasteiger partial charge on any atom is 0.226 e. The van der Waals surface area contributed by atoms with Crippen LogP contribution < -0.4 is 0 Å². The molecular weight excluding hydrogens is 354 g/mol. The highest BCUT2D eigenvalue weighted by molar-refractivity contribution is 7.90. The quantitative estimate of drug-likeness (QED) is 0.639. The molecule has 26 heavy (non-hydrogen) atoms. The number of hydrogen-bond acceptors (Lipinski definition) is 5. The number of ether oxygens (including phenoxy) is 1. The third-order valence-corrected chi connectivity index (χ3v) is 8.44. The molecule has 1 unspecified atom stereocenters. The van der Waals surface area contributed by atoms with Gasteiger partial charge in [0.15, 0.2) is 0 Å². The topological polar surface area (TPSA) is 70.2 Å². The minimum absolute atomic E-state index is 0.0337. The SMILES string of the molecule is O=C(C1CC1)N(CCN1CCOCC1)C1CCCN(S(=O)(=O)C2CC2)C1. The molecule has 2 heterocycles. The Hall–Kier alpha value is -0.700. The summed E-state index contributed by atoms with van der Waals surface area (Å²) in [5.41, 5.74) is 0. The van der Waals surface area contributed by atoms with Crippen molar-refractivity contribution in [3.63, 3.8) is 0 Å². The zero-order valence-electron chi connectivity index (χ0n) is 15.5. The third-order valence-electron chi connectivity index (χ3n) is 6.08. The van der Waals surface area contributed by atoms with Gasteiger partial charge in [-0.05, 0) is 38.5 Å². The van der Waals surface area contributed by atoms with Crippen LogP contribution >= 0.6 is 0 Å². The van der Waals surface area contributed by atoms with E-state index in [2.05, 4.69) is 4.90 Å². The number of carbonyl (C=O) groups is 1. The van der Waals surface area contributed by atoms with E-state index in [9.17, 15) is 13.2 Å². The Labute approximate surface area is 156 Å². The predicted molar refractivity (Wildman–Crippen MR) is 98.2 cm³/mol. The van der Waals surface area contributed by atoms with Crippen LogP contribution in [0.4, 0.5) is 0 Å². The monoisotopic (exact) mass is 385 g/mol. The Kier molecular flexibility index (Phi) is 5.55. The number of sulfonamides is 1. The molecule has 0 radical (unpaired) electrons. The van der Waals surface area contributed by atoms with Crippen molar-refractivity contribution in [2.75, 3.05) is 52.5 Å². The smallest absolute Gasteiger partial charge is 0.226 e. The number of piperidine rings is 1. The molecule has 4 rings (SSSR count). The van der Waals surface area contributed by atoms with Crippen molar-refractivity contribution in [2.45, 2.75) is 49.8 Å². The van der Waals surface area contributed by atoms with Gasteiger partial charge in [0.1, 0.15) is 0 Å². The van der Waals surface area contributed by atoms with E-state index in [4.69, 9.17) is 4.74 Å². The van der Waals surface area contributed by atoms with Crippen molar-refractivity contribution in [3.8, 4) is 0 Å². The number of hydrogen-bond donors (Lipinski definition) is 0. The van der Waals surface area contributed by atoms with E-state index in [1.807, 2.05) is 4.90 Å². The first-order valence-corrected chi connectivity index (χ1v) is 11.7. The molecule has 0 aromatic heterocycles. The summed E-state index contributed by atoms with van der Waals surface area (Å²) in [5, 5.41) is -0.165. The van der Waals surface area contributed by atoms with Gasteiger partial charge in [0.25, 0.3) is 0 Å². The molecule has 1 amide bonds. The third kappa shape index (κ3) is 4.24. The Morgan fingerprint density at radius 1 is 1.04 bits per heavy atom. The van der Waals surface area contributed by atoms with E-state index in [1.54, 1.807) is 4.31 Å². The molecule has 0 N–H and O–H groups in total. The van der Waals surface area contributed by atoms with E-state index in [-0.39, 0.29) is 23.1 Å². The van der Waals surface area contributed by atoms with E-state index in [0.717, 1.165) is 71.4 Å². The van der Waals surface area contributed by atoms with E-state index < -0.39 is 10.0 Å². The van der Waals surface area contributed by atoms with E-state index in [0.29, 0.717) is 19.6 Å². The lowest BCUT2D eigenvalue weighted by atomic mass is 10.0. The Balaban J connectivity index is 1.41. The normalized spacial score (nSPS) is 28.8. The summed E-state index contributed by atoms with van der Waals surface area (Å²) < 4.78 is 32.3. The van der Waals surface area contributed by atoms with Crippen LogP contribution in [0.3, 0.4) is 0 Å². The molecule has 7 nitrogen and oxygen atoms in total. The second-order valence-corrected chi connectivity index (χ2v) is 10.4. The van der Waals surface area contributed by atoms with Gasteiger partial charge in [0.2, 0.25) is 15.9 Å². The number of rotatable bonds is 7. The molecule has 4 aliphatic rings. The zero-order valence-corrected chi connectivity index (χ0v) is 16.3. The second-order valence-electron chi connectivity index (χ2n) is 8.16. The Morgan fingerprint density at radius 2 is 1.77 bits per heavy atom. The lowest BCUT2D eigenvalue weighted by Crippen LogP contribution is -2.54. The molecule has 0 bridgehead atoms. The maximum absolute atomic E-state index is 12.9. The summed E-state index contributed by atoms with van der Waals surface area (Å²) in [4.78, 5) is 17.3. The Morgan fingerprint density at radius 3 is 2.42 bits per heavy atom. The minimum atomic E-state index is -3.15. The van der Waals surface area contributed by atoms with Crippen molar-refractivity contribution < 1.29 is 17.9 Å². The number of carbonyl (C=O) groups excluding carboxylic acids is 1. The molecular formula is C18H31N3O4S. The van der Waals surface area contributed by atoms with Gasteiger partial charge in [0.05, 0.1) is 18.5 Å². The van der Waals surface area contributed by atoms with Gasteiger partial charge in [-0.15, -0.1) is 0 Å². The summed E-state index contributed by atoms with van der Waals surface area (Å²) >= 11 is 0. The fraction of sp³-hybridized carbons (Fsp3) is 0.944. The highest BCUT2D eigenvalue weighted by Gasteiger charge is 2.44. The van der Waals surface area contributed by atoms with Crippen molar-refractivity contribution in [1.82, 2.24) is 14.1 Å². The van der Waals surface area contributed by atoms with Crippen LogP contribution in [0.25, 0.3) is 0 Å². The number of nitrogens with zero attached hydrogens (tertiary/aromatic N) is 3. The standard InChI is InChI=1S/C18H31N3O4S/c22-18(15-3-4-15)21(9-8-19-10-12-25-13-11-19)16-2-1-7-20(14-16)26(23,24)17-5-6-17/h15-17H,1-14H2. The van der Waals surface area contributed by atoms with Gasteiger partial charge in [-0.25, -0.2) is 8.42 Å². The summed E-state index contributed by atoms with van der Waals surface area (Å²) in [6.45, 7) is 6.01. The number of morpholine rings is 1. The van der Waals surface area contributed by atoms with Gasteiger partial charge in [0, 0.05) is 51.2 Å². The van der Waals surface area contributed by atoms with Crippen molar-refractivity contribution in [3.05, 3.63) is 0 Å². The number of amides is 1. The first kappa shape index (κ1) is 18.7. The average molecular weight is 386 g/mol. The van der Waals surface area contributed by atoms with E-state index in [1.165, 1.54) is 0 Å². The molecule has 0 aromatic carbocycles. The first-order chi connectivity index (χ1) is 12.6. The van der Waals surface area contributed by atoms with Crippen molar-refractivity contribution in [1.29, 1.82) is 0 Å². The van der Waals surface area contributed by atoms with Crippen LogP contribution in [0.1, 0.15) is 38.5 Å². The minimum Gasteiger partial charge on any atom is -0.379 e. The summed E-state index contributed by atoms with van der Waals surface area (Å²) in [6, 6.07) is 0.0337. The second kappa shape index (κ2) is 7.73. The summed E-state index contributed by atoms with van der Waals surface area (Å²) in [6.07, 6.45) is 5.34. The molecule has 2 aliphatic heterocycles. The first-order valence-electron chi connectivity index (χ1n) is 10.2. The molecule has 2 saturated heterocycles. The molecule has 2 saturated carbocycles. The van der Waals surface area contributed by atoms with Gasteiger partial charge < -0.3 is 9.64 Å². The van der Waals surface area contributed by atoms with Crippen molar-refractivity contribution in [2.24, 2.45) is 5.92 Å². The average Bonchev–Trinajstić information content (AvgIpc) is 3.55. The van der Waals surface area contributed by atoms with Crippen LogP contribution in [0.5, 0.6) is 0 Å². The fourth-order valence-electron chi connectivity index (χ4n) is 4.09. The van der Waals surface area contributed by atoms with Gasteiger partial charge in [-0.3, -0.25) is 9.69 Å². The van der Waals surface area contributed by atoms with Crippen LogP contribution in [0.15, 0.2) is 0 Å². The largest absolute Gasteiger partial charge is 0.379 e. The van der Waals surface area contributed by atoms with Gasteiger partial charge in [-0.2, -0.15) is 4.31 Å². The summed E-state index contributed by atoms with van der Waals surface area (Å²) in [7, 11) is -3.15. The van der Waals surface area contributed by atoms with Gasteiger partial charge >= 0.3 is 0 Å². The van der Waals surface area contributed by atoms with E-state index >= 15 is 0 Å². The molecule has 4 fully saturated rings. The molecule has 0 spiro atoms. The van der Waals surface area contributed by atoms with Crippen LogP contribution in [0.2, 0.25) is 0 Å². The molecule has 148 valence electrons. The Bertz CT molecular complexity index is 612.